The first-order valence-corrected chi connectivity index (χ1v) is 9.18. The number of nitrogens with one attached hydrogen (secondary N) is 1. The molecule has 2 nitrogen and oxygen atoms in total. The van der Waals surface area contributed by atoms with Crippen molar-refractivity contribution in [3.8, 4) is 11.3 Å². The van der Waals surface area contributed by atoms with Gasteiger partial charge >= 0.3 is 0 Å². The molecular weight excluding hydrogens is 320 g/mol. The molecule has 0 bridgehead atoms. The van der Waals surface area contributed by atoms with Crippen molar-refractivity contribution in [1.29, 1.82) is 0 Å². The Balaban J connectivity index is 1.69. The van der Waals surface area contributed by atoms with E-state index in [0.29, 0.717) is 0 Å². The van der Waals surface area contributed by atoms with Crippen LogP contribution in [0.5, 0.6) is 0 Å². The third kappa shape index (κ3) is 2.76. The fourth-order valence-corrected chi connectivity index (χ4v) is 4.49. The number of hydrogen-bond donors (Lipinski definition) is 1. The second kappa shape index (κ2) is 5.80. The van der Waals surface area contributed by atoms with E-state index in [-0.39, 0.29) is 0 Å². The molecule has 0 aliphatic carbocycles. The number of rotatable bonds is 3. The summed E-state index contributed by atoms with van der Waals surface area (Å²) in [5.41, 5.74) is 4.65. The number of aromatic nitrogens is 1. The molecule has 0 radical (unpaired) electrons. The molecule has 0 fully saturated rings. The van der Waals surface area contributed by atoms with Crippen LogP contribution in [0.4, 0.5) is 10.8 Å². The number of benzene rings is 2. The normalized spacial score (nSPS) is 11.0. The second-order valence-electron chi connectivity index (χ2n) is 5.56. The Morgan fingerprint density at radius 2 is 1.74 bits per heavy atom. The lowest BCUT2D eigenvalue weighted by Gasteiger charge is -2.02. The van der Waals surface area contributed by atoms with Gasteiger partial charge in [-0.25, -0.2) is 4.98 Å². The number of nitrogens with zero attached hydrogens (tertiary/aromatic N) is 1. The molecule has 0 aliphatic heterocycles. The largest absolute Gasteiger partial charge is 0.332 e. The van der Waals surface area contributed by atoms with Gasteiger partial charge < -0.3 is 5.32 Å². The molecule has 4 heteroatoms. The van der Waals surface area contributed by atoms with E-state index < -0.39 is 0 Å². The summed E-state index contributed by atoms with van der Waals surface area (Å²) in [4.78, 5) is 6.11. The van der Waals surface area contributed by atoms with Crippen molar-refractivity contribution in [3.63, 3.8) is 0 Å². The van der Waals surface area contributed by atoms with Crippen LogP contribution in [0.2, 0.25) is 0 Å². The third-order valence-electron chi connectivity index (χ3n) is 3.83. The number of anilines is 2. The van der Waals surface area contributed by atoms with E-state index in [2.05, 4.69) is 73.1 Å². The van der Waals surface area contributed by atoms with E-state index in [1.54, 1.807) is 11.3 Å². The summed E-state index contributed by atoms with van der Waals surface area (Å²) in [7, 11) is 0. The van der Waals surface area contributed by atoms with E-state index in [4.69, 9.17) is 4.98 Å². The third-order valence-corrected chi connectivity index (χ3v) is 5.68. The lowest BCUT2D eigenvalue weighted by Crippen LogP contribution is -1.89. The van der Waals surface area contributed by atoms with Crippen molar-refractivity contribution in [1.82, 2.24) is 4.98 Å². The van der Waals surface area contributed by atoms with E-state index in [9.17, 15) is 0 Å². The van der Waals surface area contributed by atoms with Crippen molar-refractivity contribution in [2.24, 2.45) is 0 Å². The van der Waals surface area contributed by atoms with Crippen LogP contribution in [0.25, 0.3) is 21.3 Å². The van der Waals surface area contributed by atoms with E-state index in [1.165, 1.54) is 26.1 Å². The summed E-state index contributed by atoms with van der Waals surface area (Å²) in [6, 6.07) is 16.9. The predicted octanol–water partition coefficient (Wildman–Crippen LogP) is 6.39. The highest BCUT2D eigenvalue weighted by Crippen LogP contribution is 2.39. The molecule has 0 amide bonds. The quantitative estimate of drug-likeness (QED) is 0.469. The van der Waals surface area contributed by atoms with E-state index in [1.807, 2.05) is 11.3 Å². The molecule has 4 rings (SSSR count). The Labute approximate surface area is 143 Å². The van der Waals surface area contributed by atoms with Crippen molar-refractivity contribution < 1.29 is 0 Å². The maximum absolute atomic E-state index is 4.80. The first kappa shape index (κ1) is 14.4. The highest BCUT2D eigenvalue weighted by molar-refractivity contribution is 7.19. The second-order valence-corrected chi connectivity index (χ2v) is 7.67. The van der Waals surface area contributed by atoms with Crippen molar-refractivity contribution in [2.75, 3.05) is 5.32 Å². The van der Waals surface area contributed by atoms with Crippen molar-refractivity contribution in [3.05, 3.63) is 64.4 Å². The highest BCUT2D eigenvalue weighted by atomic mass is 32.1. The molecular formula is C19H16N2S2. The zero-order valence-electron chi connectivity index (χ0n) is 13.0. The molecule has 1 N–H and O–H groups in total. The zero-order valence-corrected chi connectivity index (χ0v) is 14.6. The minimum Gasteiger partial charge on any atom is -0.332 e. The van der Waals surface area contributed by atoms with E-state index >= 15 is 0 Å². The Hall–Kier alpha value is -2.17. The van der Waals surface area contributed by atoms with Crippen LogP contribution in [0.1, 0.15) is 10.4 Å². The Morgan fingerprint density at radius 3 is 2.57 bits per heavy atom. The smallest absolute Gasteiger partial charge is 0.187 e. The van der Waals surface area contributed by atoms with Crippen LogP contribution in [-0.4, -0.2) is 4.98 Å². The Morgan fingerprint density at radius 1 is 0.957 bits per heavy atom. The lowest BCUT2D eigenvalue weighted by atomic mass is 10.1. The summed E-state index contributed by atoms with van der Waals surface area (Å²) in [5, 5.41) is 7.75. The predicted molar refractivity (Wildman–Crippen MR) is 102 cm³/mol. The molecule has 114 valence electrons. The van der Waals surface area contributed by atoms with Gasteiger partial charge in [0.2, 0.25) is 0 Å². The topological polar surface area (TPSA) is 24.9 Å². The highest BCUT2D eigenvalue weighted by Gasteiger charge is 2.13. The Kier molecular flexibility index (Phi) is 3.63. The number of fused-ring (bicyclic) bond motifs is 1. The van der Waals surface area contributed by atoms with Gasteiger partial charge in [-0.05, 0) is 32.0 Å². The molecule has 0 unspecified atom stereocenters. The van der Waals surface area contributed by atoms with Gasteiger partial charge in [0.15, 0.2) is 5.13 Å². The fraction of sp³-hybridized carbons (Fsp3) is 0.105. The fourth-order valence-electron chi connectivity index (χ4n) is 2.69. The maximum Gasteiger partial charge on any atom is 0.187 e. The number of thiazole rings is 1. The van der Waals surface area contributed by atoms with Gasteiger partial charge in [-0.15, -0.1) is 22.7 Å². The van der Waals surface area contributed by atoms with Crippen molar-refractivity contribution >= 4 is 43.6 Å². The molecule has 0 saturated carbocycles. The summed E-state index contributed by atoms with van der Waals surface area (Å²) in [5.74, 6) is 0. The summed E-state index contributed by atoms with van der Waals surface area (Å²) in [6.07, 6.45) is 0. The van der Waals surface area contributed by atoms with Crippen LogP contribution < -0.4 is 5.32 Å². The van der Waals surface area contributed by atoms with Crippen LogP contribution in [0, 0.1) is 13.8 Å². The van der Waals surface area contributed by atoms with Crippen molar-refractivity contribution in [2.45, 2.75) is 13.8 Å². The first-order valence-electron chi connectivity index (χ1n) is 7.48. The molecule has 0 saturated heterocycles. The molecule has 2 heterocycles. The SMILES string of the molecule is Cc1ccc(Nc2nc(-c3c(C)sc4ccccc34)cs2)cc1. The number of thiophene rings is 1. The van der Waals surface area contributed by atoms with Crippen LogP contribution in [0.3, 0.4) is 0 Å². The molecule has 0 atom stereocenters. The molecule has 4 aromatic rings. The summed E-state index contributed by atoms with van der Waals surface area (Å²) >= 11 is 3.48. The van der Waals surface area contributed by atoms with E-state index in [0.717, 1.165) is 16.5 Å². The summed E-state index contributed by atoms with van der Waals surface area (Å²) < 4.78 is 1.32. The van der Waals surface area contributed by atoms with Crippen LogP contribution in [0.15, 0.2) is 53.9 Å². The van der Waals surface area contributed by atoms with Gasteiger partial charge in [-0.2, -0.15) is 0 Å². The van der Waals surface area contributed by atoms with Gasteiger partial charge in [0.05, 0.1) is 5.69 Å². The van der Waals surface area contributed by atoms with Crippen LogP contribution in [-0.2, 0) is 0 Å². The maximum atomic E-state index is 4.80. The van der Waals surface area contributed by atoms with Gasteiger partial charge in [0.1, 0.15) is 0 Å². The molecule has 2 aromatic heterocycles. The number of hydrogen-bond acceptors (Lipinski definition) is 4. The standard InChI is InChI=1S/C19H16N2S2/c1-12-7-9-14(10-8-12)20-19-21-16(11-22-19)18-13(2)23-17-6-4-3-5-15(17)18/h3-11H,1-2H3,(H,20,21). The van der Waals surface area contributed by atoms with Gasteiger partial charge in [-0.3, -0.25) is 0 Å². The molecule has 2 aromatic carbocycles. The minimum absolute atomic E-state index is 0.929. The molecule has 0 spiro atoms. The Bertz CT molecular complexity index is 965. The molecule has 23 heavy (non-hydrogen) atoms. The average Bonchev–Trinajstić information content (AvgIpc) is 3.12. The minimum atomic E-state index is 0.929. The lowest BCUT2D eigenvalue weighted by molar-refractivity contribution is 1.38. The monoisotopic (exact) mass is 336 g/mol. The van der Waals surface area contributed by atoms with Gasteiger partial charge in [0.25, 0.3) is 0 Å². The number of aryl methyl sites for hydroxylation is 2. The molecule has 0 aliphatic rings. The van der Waals surface area contributed by atoms with Gasteiger partial charge in [-0.1, -0.05) is 35.9 Å². The zero-order chi connectivity index (χ0) is 15.8. The average molecular weight is 336 g/mol. The van der Waals surface area contributed by atoms with Crippen LogP contribution >= 0.6 is 22.7 Å². The van der Waals surface area contributed by atoms with Gasteiger partial charge in [0, 0.05) is 31.6 Å². The summed E-state index contributed by atoms with van der Waals surface area (Å²) in [6.45, 7) is 4.27. The first-order chi connectivity index (χ1) is 11.2.